The minimum Gasteiger partial charge on any atom is -0.495 e. The van der Waals surface area contributed by atoms with E-state index in [1.807, 2.05) is 6.07 Å². The number of hydrogen-bond acceptors (Lipinski definition) is 4. The Balaban J connectivity index is 1.44. The van der Waals surface area contributed by atoms with Crippen LogP contribution in [0, 0.1) is 5.92 Å². The SMILES string of the molecule is COc1ccc(NC(=O)CCC2CCCN(C3CCOCC3)C2)cc1Cl. The Labute approximate surface area is 161 Å². The second-order valence-electron chi connectivity index (χ2n) is 7.28. The molecule has 144 valence electrons. The highest BCUT2D eigenvalue weighted by Gasteiger charge is 2.27. The van der Waals surface area contributed by atoms with Crippen molar-refractivity contribution in [2.24, 2.45) is 5.92 Å². The van der Waals surface area contributed by atoms with Crippen molar-refractivity contribution in [2.45, 2.75) is 44.6 Å². The van der Waals surface area contributed by atoms with Gasteiger partial charge in [0.2, 0.25) is 5.91 Å². The maximum absolute atomic E-state index is 12.3. The van der Waals surface area contributed by atoms with Crippen LogP contribution < -0.4 is 10.1 Å². The van der Waals surface area contributed by atoms with Gasteiger partial charge in [-0.3, -0.25) is 9.69 Å². The van der Waals surface area contributed by atoms with Gasteiger partial charge in [0, 0.05) is 37.9 Å². The molecule has 6 heteroatoms. The number of nitrogens with one attached hydrogen (secondary N) is 1. The molecule has 1 amide bonds. The normalized spacial score (nSPS) is 22.2. The molecule has 1 aromatic rings. The zero-order valence-electron chi connectivity index (χ0n) is 15.5. The highest BCUT2D eigenvalue weighted by molar-refractivity contribution is 6.32. The van der Waals surface area contributed by atoms with Crippen LogP contribution in [0.25, 0.3) is 0 Å². The third-order valence-electron chi connectivity index (χ3n) is 5.47. The molecule has 0 radical (unpaired) electrons. The van der Waals surface area contributed by atoms with Crippen LogP contribution in [0.4, 0.5) is 5.69 Å². The summed E-state index contributed by atoms with van der Waals surface area (Å²) in [6, 6.07) is 5.98. The van der Waals surface area contributed by atoms with Crippen LogP contribution in [0.5, 0.6) is 5.75 Å². The van der Waals surface area contributed by atoms with E-state index in [-0.39, 0.29) is 5.91 Å². The molecule has 2 aliphatic heterocycles. The number of rotatable bonds is 6. The van der Waals surface area contributed by atoms with Gasteiger partial charge in [0.1, 0.15) is 5.75 Å². The topological polar surface area (TPSA) is 50.8 Å². The third-order valence-corrected chi connectivity index (χ3v) is 5.77. The van der Waals surface area contributed by atoms with Gasteiger partial charge in [0.25, 0.3) is 0 Å². The van der Waals surface area contributed by atoms with Gasteiger partial charge < -0.3 is 14.8 Å². The Morgan fingerprint density at radius 1 is 1.35 bits per heavy atom. The minimum atomic E-state index is 0.0504. The Morgan fingerprint density at radius 3 is 2.88 bits per heavy atom. The molecular formula is C20H29ClN2O3. The van der Waals surface area contributed by atoms with E-state index >= 15 is 0 Å². The van der Waals surface area contributed by atoms with Crippen molar-refractivity contribution >= 4 is 23.2 Å². The van der Waals surface area contributed by atoms with Crippen molar-refractivity contribution < 1.29 is 14.3 Å². The second kappa shape index (κ2) is 9.58. The Morgan fingerprint density at radius 2 is 2.15 bits per heavy atom. The van der Waals surface area contributed by atoms with Crippen LogP contribution in [0.1, 0.15) is 38.5 Å². The lowest BCUT2D eigenvalue weighted by molar-refractivity contribution is -0.116. The number of amides is 1. The zero-order chi connectivity index (χ0) is 18.4. The molecule has 0 spiro atoms. The predicted octanol–water partition coefficient (Wildman–Crippen LogP) is 3.96. The number of carbonyl (C=O) groups excluding carboxylic acids is 1. The van der Waals surface area contributed by atoms with Gasteiger partial charge in [0.05, 0.1) is 12.1 Å². The zero-order valence-corrected chi connectivity index (χ0v) is 16.3. The van der Waals surface area contributed by atoms with E-state index in [0.29, 0.717) is 34.8 Å². The first-order valence-corrected chi connectivity index (χ1v) is 9.98. The first kappa shape index (κ1) is 19.5. The first-order valence-electron chi connectivity index (χ1n) is 9.61. The average molecular weight is 381 g/mol. The molecule has 0 aliphatic carbocycles. The predicted molar refractivity (Wildman–Crippen MR) is 104 cm³/mol. The van der Waals surface area contributed by atoms with Crippen molar-refractivity contribution in [1.29, 1.82) is 0 Å². The number of nitrogens with zero attached hydrogens (tertiary/aromatic N) is 1. The summed E-state index contributed by atoms with van der Waals surface area (Å²) in [6.45, 7) is 4.08. The van der Waals surface area contributed by atoms with Gasteiger partial charge in [0.15, 0.2) is 0 Å². The van der Waals surface area contributed by atoms with E-state index in [1.54, 1.807) is 19.2 Å². The summed E-state index contributed by atoms with van der Waals surface area (Å²) in [5.41, 5.74) is 0.716. The fourth-order valence-electron chi connectivity index (χ4n) is 4.02. The number of anilines is 1. The molecular weight excluding hydrogens is 352 g/mol. The largest absolute Gasteiger partial charge is 0.495 e. The molecule has 2 saturated heterocycles. The van der Waals surface area contributed by atoms with Crippen molar-refractivity contribution in [2.75, 3.05) is 38.7 Å². The molecule has 2 aliphatic rings. The summed E-state index contributed by atoms with van der Waals surface area (Å²) in [6.07, 6.45) is 6.24. The third kappa shape index (κ3) is 5.35. The molecule has 1 unspecified atom stereocenters. The van der Waals surface area contributed by atoms with Crippen LogP contribution in [0.3, 0.4) is 0 Å². The Bertz CT molecular complexity index is 605. The smallest absolute Gasteiger partial charge is 0.224 e. The summed E-state index contributed by atoms with van der Waals surface area (Å²) in [5.74, 6) is 1.27. The molecule has 0 saturated carbocycles. The van der Waals surface area contributed by atoms with Crippen molar-refractivity contribution in [3.8, 4) is 5.75 Å². The van der Waals surface area contributed by atoms with E-state index < -0.39 is 0 Å². The fraction of sp³-hybridized carbons (Fsp3) is 0.650. The summed E-state index contributed by atoms with van der Waals surface area (Å²) in [5, 5.41) is 3.44. The Hall–Kier alpha value is -1.30. The van der Waals surface area contributed by atoms with Crippen LogP contribution in [-0.4, -0.2) is 50.3 Å². The van der Waals surface area contributed by atoms with Crippen molar-refractivity contribution in [3.05, 3.63) is 23.2 Å². The number of halogens is 1. The molecule has 1 atom stereocenters. The fourth-order valence-corrected chi connectivity index (χ4v) is 4.28. The highest BCUT2D eigenvalue weighted by atomic mass is 35.5. The molecule has 1 aromatic carbocycles. The Kier molecular flexibility index (Phi) is 7.17. The van der Waals surface area contributed by atoms with E-state index in [4.69, 9.17) is 21.1 Å². The highest BCUT2D eigenvalue weighted by Crippen LogP contribution is 2.28. The molecule has 0 aromatic heterocycles. The molecule has 2 fully saturated rings. The molecule has 3 rings (SSSR count). The lowest BCUT2D eigenvalue weighted by Gasteiger charge is -2.40. The van der Waals surface area contributed by atoms with Gasteiger partial charge in [-0.1, -0.05) is 11.6 Å². The quantitative estimate of drug-likeness (QED) is 0.811. The lowest BCUT2D eigenvalue weighted by Crippen LogP contribution is -2.45. The number of ether oxygens (including phenoxy) is 2. The molecule has 26 heavy (non-hydrogen) atoms. The first-order chi connectivity index (χ1) is 12.7. The van der Waals surface area contributed by atoms with Crippen LogP contribution in [-0.2, 0) is 9.53 Å². The molecule has 2 heterocycles. The summed E-state index contributed by atoms with van der Waals surface area (Å²) < 4.78 is 10.6. The molecule has 5 nitrogen and oxygen atoms in total. The number of piperidine rings is 1. The van der Waals surface area contributed by atoms with Crippen LogP contribution >= 0.6 is 11.6 Å². The van der Waals surface area contributed by atoms with Crippen LogP contribution in [0.15, 0.2) is 18.2 Å². The summed E-state index contributed by atoms with van der Waals surface area (Å²) >= 11 is 6.11. The van der Waals surface area contributed by atoms with Gasteiger partial charge >= 0.3 is 0 Å². The summed E-state index contributed by atoms with van der Waals surface area (Å²) in [7, 11) is 1.58. The van der Waals surface area contributed by atoms with Gasteiger partial charge in [-0.2, -0.15) is 0 Å². The minimum absolute atomic E-state index is 0.0504. The van der Waals surface area contributed by atoms with Gasteiger partial charge in [-0.15, -0.1) is 0 Å². The monoisotopic (exact) mass is 380 g/mol. The number of benzene rings is 1. The van der Waals surface area contributed by atoms with Gasteiger partial charge in [-0.05, 0) is 62.8 Å². The lowest BCUT2D eigenvalue weighted by atomic mass is 9.91. The maximum Gasteiger partial charge on any atom is 0.224 e. The number of hydrogen-bond donors (Lipinski definition) is 1. The van der Waals surface area contributed by atoms with E-state index in [0.717, 1.165) is 39.0 Å². The number of likely N-dealkylation sites (tertiary alicyclic amines) is 1. The molecule has 1 N–H and O–H groups in total. The average Bonchev–Trinajstić information content (AvgIpc) is 2.67. The number of carbonyl (C=O) groups is 1. The van der Waals surface area contributed by atoms with E-state index in [2.05, 4.69) is 10.2 Å². The van der Waals surface area contributed by atoms with E-state index in [1.165, 1.54) is 19.4 Å². The number of methoxy groups -OCH3 is 1. The molecule has 0 bridgehead atoms. The van der Waals surface area contributed by atoms with Crippen LogP contribution in [0.2, 0.25) is 5.02 Å². The van der Waals surface area contributed by atoms with Gasteiger partial charge in [-0.25, -0.2) is 0 Å². The maximum atomic E-state index is 12.3. The second-order valence-corrected chi connectivity index (χ2v) is 7.69. The van der Waals surface area contributed by atoms with Crippen molar-refractivity contribution in [1.82, 2.24) is 4.90 Å². The van der Waals surface area contributed by atoms with Crippen molar-refractivity contribution in [3.63, 3.8) is 0 Å². The summed E-state index contributed by atoms with van der Waals surface area (Å²) in [4.78, 5) is 14.9. The standard InChI is InChI=1S/C20H29ClN2O3/c1-25-19-6-5-16(13-18(19)21)22-20(24)7-4-15-3-2-10-23(14-15)17-8-11-26-12-9-17/h5-6,13,15,17H,2-4,7-12,14H2,1H3,(H,22,24). The van der Waals surface area contributed by atoms with E-state index in [9.17, 15) is 4.79 Å².